The fraction of sp³-hybridized carbons (Fsp3) is 0.577. The topological polar surface area (TPSA) is 23.5 Å². The van der Waals surface area contributed by atoms with Crippen molar-refractivity contribution < 1.29 is 5.11 Å². The minimum atomic E-state index is 0.255. The van der Waals surface area contributed by atoms with Gasteiger partial charge in [-0.25, -0.2) is 0 Å². The lowest BCUT2D eigenvalue weighted by atomic mass is 9.85. The van der Waals surface area contributed by atoms with Crippen molar-refractivity contribution in [2.24, 2.45) is 17.8 Å². The van der Waals surface area contributed by atoms with Crippen molar-refractivity contribution in [3.63, 3.8) is 0 Å². The highest BCUT2D eigenvalue weighted by molar-refractivity contribution is 5.42. The van der Waals surface area contributed by atoms with Gasteiger partial charge in [-0.1, -0.05) is 46.4 Å². The number of allylic oxidation sites excluding steroid dienone is 6. The van der Waals surface area contributed by atoms with E-state index in [0.29, 0.717) is 11.8 Å². The zero-order valence-corrected chi connectivity index (χ0v) is 18.4. The Bertz CT molecular complexity index is 698. The first-order chi connectivity index (χ1) is 13.4. The Kier molecular flexibility index (Phi) is 8.60. The van der Waals surface area contributed by atoms with Gasteiger partial charge in [0, 0.05) is 30.1 Å². The summed E-state index contributed by atoms with van der Waals surface area (Å²) in [5.74, 6) is 1.43. The molecule has 0 aromatic rings. The standard InChI is InChI=1S/C26H39NO/c1-7-10-24-12-9-11-23-15-13-20(5)14-16-25(23)26(27(24)19(3)4)21(6)17-22(8-2)18-28/h7,9-10,20-22,28H,1,3,8,12-18H2,2,4-6H3. The van der Waals surface area contributed by atoms with Crippen LogP contribution in [0.4, 0.5) is 0 Å². The summed E-state index contributed by atoms with van der Waals surface area (Å²) in [7, 11) is 0. The van der Waals surface area contributed by atoms with Gasteiger partial charge in [0.1, 0.15) is 0 Å². The molecule has 1 aliphatic heterocycles. The number of aliphatic hydroxyl groups excluding tert-OH is 1. The largest absolute Gasteiger partial charge is 0.396 e. The van der Waals surface area contributed by atoms with Gasteiger partial charge in [0.2, 0.25) is 0 Å². The van der Waals surface area contributed by atoms with E-state index in [4.69, 9.17) is 0 Å². The van der Waals surface area contributed by atoms with Crippen LogP contribution < -0.4 is 0 Å². The van der Waals surface area contributed by atoms with E-state index in [2.05, 4.69) is 63.6 Å². The molecule has 2 nitrogen and oxygen atoms in total. The molecule has 28 heavy (non-hydrogen) atoms. The lowest BCUT2D eigenvalue weighted by Crippen LogP contribution is -2.28. The summed E-state index contributed by atoms with van der Waals surface area (Å²) in [6, 6.07) is 0. The highest BCUT2D eigenvalue weighted by Crippen LogP contribution is 2.41. The fourth-order valence-corrected chi connectivity index (χ4v) is 4.56. The summed E-state index contributed by atoms with van der Waals surface area (Å²) in [5.41, 5.74) is 10.1. The van der Waals surface area contributed by atoms with Gasteiger partial charge in [-0.3, -0.25) is 0 Å². The molecule has 0 radical (unpaired) electrons. The van der Waals surface area contributed by atoms with E-state index in [0.717, 1.165) is 43.7 Å². The first-order valence-corrected chi connectivity index (χ1v) is 11.0. The van der Waals surface area contributed by atoms with Gasteiger partial charge in [0.05, 0.1) is 0 Å². The Labute approximate surface area is 172 Å². The second kappa shape index (κ2) is 10.7. The van der Waals surface area contributed by atoms with Crippen molar-refractivity contribution >= 4 is 0 Å². The van der Waals surface area contributed by atoms with E-state index in [1.54, 1.807) is 0 Å². The predicted octanol–water partition coefficient (Wildman–Crippen LogP) is 6.89. The molecule has 2 heteroatoms. The molecule has 1 fully saturated rings. The highest BCUT2D eigenvalue weighted by Gasteiger charge is 2.29. The molecule has 0 aromatic heterocycles. The van der Waals surface area contributed by atoms with Crippen LogP contribution in [0.2, 0.25) is 0 Å². The van der Waals surface area contributed by atoms with Crippen LogP contribution in [-0.2, 0) is 0 Å². The van der Waals surface area contributed by atoms with E-state index in [1.165, 1.54) is 35.4 Å². The molecule has 0 spiro atoms. The van der Waals surface area contributed by atoms with Crippen molar-refractivity contribution in [1.82, 2.24) is 4.90 Å². The molecule has 1 heterocycles. The van der Waals surface area contributed by atoms with Crippen molar-refractivity contribution in [3.05, 3.63) is 65.4 Å². The molecular formula is C26H39NO. The zero-order chi connectivity index (χ0) is 20.7. The molecule has 1 saturated carbocycles. The van der Waals surface area contributed by atoms with Crippen LogP contribution in [0.15, 0.2) is 65.4 Å². The molecule has 2 aliphatic rings. The monoisotopic (exact) mass is 381 g/mol. The van der Waals surface area contributed by atoms with Crippen LogP contribution in [-0.4, -0.2) is 16.6 Å². The maximum absolute atomic E-state index is 9.80. The number of nitrogens with zero attached hydrogens (tertiary/aromatic N) is 1. The minimum Gasteiger partial charge on any atom is -0.396 e. The Hall–Kier alpha value is -1.76. The molecule has 2 rings (SSSR count). The zero-order valence-electron chi connectivity index (χ0n) is 18.4. The van der Waals surface area contributed by atoms with E-state index < -0.39 is 0 Å². The van der Waals surface area contributed by atoms with Crippen LogP contribution >= 0.6 is 0 Å². The quantitative estimate of drug-likeness (QED) is 0.486. The van der Waals surface area contributed by atoms with E-state index in [9.17, 15) is 5.11 Å². The van der Waals surface area contributed by atoms with Crippen molar-refractivity contribution in [3.8, 4) is 0 Å². The van der Waals surface area contributed by atoms with Crippen LogP contribution in [0.25, 0.3) is 0 Å². The lowest BCUT2D eigenvalue weighted by molar-refractivity contribution is 0.199. The van der Waals surface area contributed by atoms with Crippen molar-refractivity contribution in [2.75, 3.05) is 6.61 Å². The first-order valence-electron chi connectivity index (χ1n) is 11.0. The molecule has 0 aromatic carbocycles. The minimum absolute atomic E-state index is 0.255. The van der Waals surface area contributed by atoms with Crippen LogP contribution in [0.3, 0.4) is 0 Å². The number of aliphatic hydroxyl groups is 1. The Morgan fingerprint density at radius 2 is 2.11 bits per heavy atom. The average Bonchev–Trinajstić information content (AvgIpc) is 2.83. The Morgan fingerprint density at radius 1 is 1.39 bits per heavy atom. The fourth-order valence-electron chi connectivity index (χ4n) is 4.56. The number of hydrogen-bond acceptors (Lipinski definition) is 2. The maximum atomic E-state index is 9.80. The van der Waals surface area contributed by atoms with E-state index in [1.807, 2.05) is 6.08 Å². The van der Waals surface area contributed by atoms with Crippen LogP contribution in [0.5, 0.6) is 0 Å². The third-order valence-corrected chi connectivity index (χ3v) is 6.24. The van der Waals surface area contributed by atoms with Gasteiger partial charge in [-0.15, -0.1) is 5.73 Å². The molecular weight excluding hydrogens is 342 g/mol. The van der Waals surface area contributed by atoms with E-state index >= 15 is 0 Å². The normalized spacial score (nSPS) is 24.0. The third-order valence-electron chi connectivity index (χ3n) is 6.24. The first kappa shape index (κ1) is 22.5. The molecule has 0 amide bonds. The predicted molar refractivity (Wildman–Crippen MR) is 120 cm³/mol. The second-order valence-corrected chi connectivity index (χ2v) is 8.64. The van der Waals surface area contributed by atoms with Gasteiger partial charge in [0.15, 0.2) is 0 Å². The van der Waals surface area contributed by atoms with Gasteiger partial charge < -0.3 is 10.0 Å². The van der Waals surface area contributed by atoms with E-state index in [-0.39, 0.29) is 6.61 Å². The molecule has 1 aliphatic carbocycles. The van der Waals surface area contributed by atoms with Crippen LogP contribution in [0, 0.1) is 17.8 Å². The summed E-state index contributed by atoms with van der Waals surface area (Å²) >= 11 is 0. The smallest absolute Gasteiger partial charge is 0.0459 e. The van der Waals surface area contributed by atoms with Gasteiger partial charge in [0.25, 0.3) is 0 Å². The molecule has 0 saturated heterocycles. The maximum Gasteiger partial charge on any atom is 0.0459 e. The number of hydrogen-bond donors (Lipinski definition) is 1. The summed E-state index contributed by atoms with van der Waals surface area (Å²) < 4.78 is 0. The molecule has 0 bridgehead atoms. The Morgan fingerprint density at radius 3 is 2.71 bits per heavy atom. The van der Waals surface area contributed by atoms with Gasteiger partial charge >= 0.3 is 0 Å². The lowest BCUT2D eigenvalue weighted by Gasteiger charge is -2.37. The molecule has 154 valence electrons. The van der Waals surface area contributed by atoms with Gasteiger partial charge in [-0.05, 0) is 80.1 Å². The summed E-state index contributed by atoms with van der Waals surface area (Å²) in [6.45, 7) is 17.5. The SMILES string of the molecule is C=CC=C1CC=C=C2CCC(C)CCC2=C(C(C)CC(CC)CO)N1C(=C)C. The molecule has 1 N–H and O–H groups in total. The highest BCUT2D eigenvalue weighted by atomic mass is 16.3. The molecule has 3 unspecified atom stereocenters. The summed E-state index contributed by atoms with van der Waals surface area (Å²) in [4.78, 5) is 2.37. The van der Waals surface area contributed by atoms with Gasteiger partial charge in [-0.2, -0.15) is 0 Å². The average molecular weight is 382 g/mol. The van der Waals surface area contributed by atoms with Crippen LogP contribution in [0.1, 0.15) is 72.6 Å². The Balaban J connectivity index is 2.66. The number of fused-ring (bicyclic) bond motifs is 1. The molecule has 3 atom stereocenters. The van der Waals surface area contributed by atoms with Crippen molar-refractivity contribution in [1.29, 1.82) is 0 Å². The second-order valence-electron chi connectivity index (χ2n) is 8.64. The summed E-state index contributed by atoms with van der Waals surface area (Å²) in [6.07, 6.45) is 13.6. The summed E-state index contributed by atoms with van der Waals surface area (Å²) in [5, 5.41) is 9.80. The van der Waals surface area contributed by atoms with Crippen molar-refractivity contribution in [2.45, 2.75) is 72.6 Å². The number of rotatable bonds is 7. The third kappa shape index (κ3) is 5.40.